The van der Waals surface area contributed by atoms with E-state index in [1.54, 1.807) is 43.8 Å². The average Bonchev–Trinajstić information content (AvgIpc) is 3.28. The number of hydrogen-bond donors (Lipinski definition) is 4. The highest BCUT2D eigenvalue weighted by molar-refractivity contribution is 6.03. The number of anilines is 4. The van der Waals surface area contributed by atoms with Gasteiger partial charge in [0, 0.05) is 44.1 Å². The van der Waals surface area contributed by atoms with Crippen LogP contribution in [0.5, 0.6) is 5.75 Å². The molecule has 0 atom stereocenters. The van der Waals surface area contributed by atoms with Crippen LogP contribution < -0.4 is 30.9 Å². The Morgan fingerprint density at radius 3 is 2.78 bits per heavy atom. The van der Waals surface area contributed by atoms with E-state index in [-0.39, 0.29) is 11.8 Å². The molecule has 0 radical (unpaired) electrons. The number of aromatic nitrogens is 2. The number of pyridine rings is 1. The van der Waals surface area contributed by atoms with E-state index in [4.69, 9.17) is 9.15 Å². The van der Waals surface area contributed by atoms with E-state index in [9.17, 15) is 9.59 Å². The second-order valence-corrected chi connectivity index (χ2v) is 6.92. The minimum Gasteiger partial charge on any atom is -0.497 e. The van der Waals surface area contributed by atoms with Crippen LogP contribution in [0.25, 0.3) is 0 Å². The summed E-state index contributed by atoms with van der Waals surface area (Å²) in [4.78, 5) is 35.1. The van der Waals surface area contributed by atoms with Crippen molar-refractivity contribution in [1.82, 2.24) is 15.3 Å². The van der Waals surface area contributed by atoms with Gasteiger partial charge in [-0.25, -0.2) is 9.78 Å². The largest absolute Gasteiger partial charge is 0.497 e. The van der Waals surface area contributed by atoms with Gasteiger partial charge in [-0.05, 0) is 18.2 Å². The Morgan fingerprint density at radius 2 is 1.97 bits per heavy atom. The fraction of sp³-hybridized carbons (Fsp3) is 0.238. The van der Waals surface area contributed by atoms with Gasteiger partial charge < -0.3 is 30.0 Å². The van der Waals surface area contributed by atoms with E-state index >= 15 is 0 Å². The molecule has 166 valence electrons. The first-order valence-electron chi connectivity index (χ1n) is 10.0. The van der Waals surface area contributed by atoms with Crippen LogP contribution in [0.2, 0.25) is 0 Å². The molecule has 4 N–H and O–H groups in total. The lowest BCUT2D eigenvalue weighted by atomic mass is 10.2. The van der Waals surface area contributed by atoms with Crippen LogP contribution in [0.1, 0.15) is 10.7 Å². The zero-order chi connectivity index (χ0) is 22.3. The number of piperazine rings is 1. The molecular formula is C21H23N7O4. The van der Waals surface area contributed by atoms with Crippen molar-refractivity contribution in [3.8, 4) is 5.75 Å². The molecular weight excluding hydrogens is 414 g/mol. The lowest BCUT2D eigenvalue weighted by Gasteiger charge is -2.30. The SMILES string of the molecule is COc1cccc(NC(=O)Nc2cnc(C(=O)Nc3cnccc3N3CCNCC3)o2)c1. The molecule has 3 heterocycles. The molecule has 1 fully saturated rings. The van der Waals surface area contributed by atoms with Gasteiger partial charge >= 0.3 is 11.9 Å². The van der Waals surface area contributed by atoms with E-state index in [1.165, 1.54) is 6.20 Å². The number of benzene rings is 1. The quantitative estimate of drug-likeness (QED) is 0.462. The van der Waals surface area contributed by atoms with Crippen LogP contribution in [0, 0.1) is 0 Å². The molecule has 0 aliphatic carbocycles. The Hall–Kier alpha value is -4.12. The van der Waals surface area contributed by atoms with Gasteiger partial charge in [-0.1, -0.05) is 6.07 Å². The molecule has 1 saturated heterocycles. The van der Waals surface area contributed by atoms with Gasteiger partial charge in [0.05, 0.1) is 30.9 Å². The van der Waals surface area contributed by atoms with Crippen LogP contribution >= 0.6 is 0 Å². The van der Waals surface area contributed by atoms with E-state index in [0.29, 0.717) is 17.1 Å². The van der Waals surface area contributed by atoms with Gasteiger partial charge in [0.15, 0.2) is 0 Å². The van der Waals surface area contributed by atoms with Gasteiger partial charge in [0.2, 0.25) is 5.88 Å². The molecule has 1 aliphatic rings. The molecule has 4 rings (SSSR count). The first kappa shape index (κ1) is 21.1. The molecule has 32 heavy (non-hydrogen) atoms. The second kappa shape index (κ2) is 9.79. The minimum absolute atomic E-state index is 0.0315. The molecule has 11 nitrogen and oxygen atoms in total. The van der Waals surface area contributed by atoms with Crippen molar-refractivity contribution in [2.75, 3.05) is 54.1 Å². The first-order valence-corrected chi connectivity index (χ1v) is 10.0. The van der Waals surface area contributed by atoms with Crippen LogP contribution in [0.15, 0.2) is 53.3 Å². The van der Waals surface area contributed by atoms with Crippen molar-refractivity contribution in [3.63, 3.8) is 0 Å². The lowest BCUT2D eigenvalue weighted by molar-refractivity contribution is 0.0991. The molecule has 1 aliphatic heterocycles. The van der Waals surface area contributed by atoms with Crippen LogP contribution in [-0.2, 0) is 0 Å². The first-order chi connectivity index (χ1) is 15.6. The van der Waals surface area contributed by atoms with Crippen molar-refractivity contribution in [2.24, 2.45) is 0 Å². The monoisotopic (exact) mass is 437 g/mol. The number of hydrogen-bond acceptors (Lipinski definition) is 8. The number of nitrogens with zero attached hydrogens (tertiary/aromatic N) is 3. The fourth-order valence-corrected chi connectivity index (χ4v) is 3.25. The summed E-state index contributed by atoms with van der Waals surface area (Å²) in [6.45, 7) is 3.37. The molecule has 1 aromatic carbocycles. The highest BCUT2D eigenvalue weighted by Gasteiger charge is 2.19. The third-order valence-electron chi connectivity index (χ3n) is 4.77. The number of oxazole rings is 1. The van der Waals surface area contributed by atoms with Crippen LogP contribution in [0.4, 0.5) is 27.7 Å². The number of ether oxygens (including phenoxy) is 1. The van der Waals surface area contributed by atoms with E-state index < -0.39 is 11.9 Å². The van der Waals surface area contributed by atoms with Crippen LogP contribution in [0.3, 0.4) is 0 Å². The normalized spacial score (nSPS) is 13.3. The molecule has 11 heteroatoms. The lowest BCUT2D eigenvalue weighted by Crippen LogP contribution is -2.43. The Morgan fingerprint density at radius 1 is 1.12 bits per heavy atom. The number of methoxy groups -OCH3 is 1. The summed E-state index contributed by atoms with van der Waals surface area (Å²) < 4.78 is 10.5. The van der Waals surface area contributed by atoms with E-state index in [1.807, 2.05) is 6.07 Å². The molecule has 0 spiro atoms. The van der Waals surface area contributed by atoms with Gasteiger partial charge in [-0.3, -0.25) is 15.1 Å². The molecule has 3 amide bonds. The smallest absolute Gasteiger partial charge is 0.326 e. The Balaban J connectivity index is 1.38. The summed E-state index contributed by atoms with van der Waals surface area (Å²) >= 11 is 0. The maximum Gasteiger partial charge on any atom is 0.326 e. The summed E-state index contributed by atoms with van der Waals surface area (Å²) in [5.41, 5.74) is 1.97. The van der Waals surface area contributed by atoms with Gasteiger partial charge in [-0.15, -0.1) is 0 Å². The van der Waals surface area contributed by atoms with Crippen molar-refractivity contribution in [1.29, 1.82) is 0 Å². The van der Waals surface area contributed by atoms with Gasteiger partial charge in [0.25, 0.3) is 5.89 Å². The second-order valence-electron chi connectivity index (χ2n) is 6.92. The molecule has 3 aromatic rings. The van der Waals surface area contributed by atoms with E-state index in [2.05, 4.69) is 36.1 Å². The van der Waals surface area contributed by atoms with Crippen molar-refractivity contribution in [2.45, 2.75) is 0 Å². The number of carbonyl (C=O) groups is 2. The summed E-state index contributed by atoms with van der Waals surface area (Å²) in [6.07, 6.45) is 4.53. The average molecular weight is 437 g/mol. The third kappa shape index (κ3) is 5.13. The standard InChI is InChI=1S/C21H23N7O4/c1-31-15-4-2-3-14(11-15)25-21(30)27-18-13-24-20(32-18)19(29)26-16-12-23-6-5-17(16)28-9-7-22-8-10-28/h2-6,11-13,22H,7-10H2,1H3,(H,26,29)(H2,25,27,30). The topological polar surface area (TPSA) is 134 Å². The minimum atomic E-state index is -0.547. The van der Waals surface area contributed by atoms with Gasteiger partial charge in [-0.2, -0.15) is 0 Å². The number of amides is 3. The van der Waals surface area contributed by atoms with E-state index in [0.717, 1.165) is 31.9 Å². The zero-order valence-corrected chi connectivity index (χ0v) is 17.4. The molecule has 0 bridgehead atoms. The van der Waals surface area contributed by atoms with Crippen molar-refractivity contribution < 1.29 is 18.7 Å². The number of rotatable bonds is 6. The summed E-state index contributed by atoms with van der Waals surface area (Å²) in [5, 5.41) is 11.2. The Labute approximate surface area is 184 Å². The Bertz CT molecular complexity index is 1100. The Kier molecular flexibility index (Phi) is 6.46. The molecule has 0 saturated carbocycles. The zero-order valence-electron chi connectivity index (χ0n) is 17.4. The maximum absolute atomic E-state index is 12.6. The summed E-state index contributed by atoms with van der Waals surface area (Å²) in [7, 11) is 1.54. The third-order valence-corrected chi connectivity index (χ3v) is 4.77. The highest BCUT2D eigenvalue weighted by atomic mass is 16.5. The maximum atomic E-state index is 12.6. The number of urea groups is 1. The van der Waals surface area contributed by atoms with Crippen LogP contribution in [-0.4, -0.2) is 55.2 Å². The predicted octanol–water partition coefficient (Wildman–Crippen LogP) is 2.38. The summed E-state index contributed by atoms with van der Waals surface area (Å²) in [5.74, 6) is -0.0893. The number of nitrogens with one attached hydrogen (secondary N) is 4. The van der Waals surface area contributed by atoms with Gasteiger partial charge in [0.1, 0.15) is 5.75 Å². The highest BCUT2D eigenvalue weighted by Crippen LogP contribution is 2.25. The fourth-order valence-electron chi connectivity index (χ4n) is 3.25. The van der Waals surface area contributed by atoms with Crippen molar-refractivity contribution >= 4 is 34.9 Å². The van der Waals surface area contributed by atoms with Crippen molar-refractivity contribution in [3.05, 3.63) is 54.8 Å². The molecule has 2 aromatic heterocycles. The summed E-state index contributed by atoms with van der Waals surface area (Å²) in [6, 6.07) is 8.20. The number of carbonyl (C=O) groups excluding carboxylic acids is 2. The predicted molar refractivity (Wildman–Crippen MR) is 119 cm³/mol. The molecule has 0 unspecified atom stereocenters.